The van der Waals surface area contributed by atoms with Crippen LogP contribution in [0.3, 0.4) is 0 Å². The number of aryl methyl sites for hydroxylation is 2. The summed E-state index contributed by atoms with van der Waals surface area (Å²) in [4.78, 5) is 15.6. The van der Waals surface area contributed by atoms with E-state index >= 15 is 0 Å². The maximum absolute atomic E-state index is 11.3. The Morgan fingerprint density at radius 3 is 2.93 bits per heavy atom. The van der Waals surface area contributed by atoms with Crippen molar-refractivity contribution in [1.29, 1.82) is 0 Å². The standard InChI is InChI=1S/C8H10N4OS2/c1-5-4-15-6(9-5)2-3-12-7(13)10-11-8(12)14/h4H,2-3H2,1H3,(H,10,13)(H,11,14). The Bertz CT molecular complexity index is 534. The van der Waals surface area contributed by atoms with Gasteiger partial charge in [-0.1, -0.05) is 0 Å². The average Bonchev–Trinajstić information content (AvgIpc) is 2.73. The fourth-order valence-corrected chi connectivity index (χ4v) is 2.25. The van der Waals surface area contributed by atoms with Crippen LogP contribution in [0.15, 0.2) is 10.2 Å². The van der Waals surface area contributed by atoms with Gasteiger partial charge in [-0.3, -0.25) is 9.67 Å². The summed E-state index contributed by atoms with van der Waals surface area (Å²) in [6, 6.07) is 0. The van der Waals surface area contributed by atoms with E-state index in [0.717, 1.165) is 17.1 Å². The fourth-order valence-electron chi connectivity index (χ4n) is 1.26. The molecule has 0 bridgehead atoms. The van der Waals surface area contributed by atoms with Gasteiger partial charge in [0.15, 0.2) is 4.77 Å². The van der Waals surface area contributed by atoms with E-state index in [0.29, 0.717) is 11.3 Å². The highest BCUT2D eigenvalue weighted by atomic mass is 32.1. The van der Waals surface area contributed by atoms with Crippen molar-refractivity contribution in [3.05, 3.63) is 31.3 Å². The van der Waals surface area contributed by atoms with E-state index in [-0.39, 0.29) is 5.69 Å². The van der Waals surface area contributed by atoms with E-state index < -0.39 is 0 Å². The van der Waals surface area contributed by atoms with Crippen molar-refractivity contribution in [1.82, 2.24) is 19.7 Å². The third-order valence-corrected chi connectivity index (χ3v) is 3.33. The van der Waals surface area contributed by atoms with Crippen molar-refractivity contribution in [2.24, 2.45) is 0 Å². The van der Waals surface area contributed by atoms with Crippen LogP contribution in [-0.4, -0.2) is 19.7 Å². The van der Waals surface area contributed by atoms with Crippen molar-refractivity contribution in [2.75, 3.05) is 0 Å². The molecule has 0 saturated heterocycles. The van der Waals surface area contributed by atoms with Crippen LogP contribution in [0.5, 0.6) is 0 Å². The highest BCUT2D eigenvalue weighted by molar-refractivity contribution is 7.71. The van der Waals surface area contributed by atoms with Gasteiger partial charge in [0.25, 0.3) is 0 Å². The molecule has 0 unspecified atom stereocenters. The molecule has 15 heavy (non-hydrogen) atoms. The lowest BCUT2D eigenvalue weighted by atomic mass is 10.4. The second-order valence-corrected chi connectivity index (χ2v) is 4.47. The summed E-state index contributed by atoms with van der Waals surface area (Å²) in [6.45, 7) is 2.51. The topological polar surface area (TPSA) is 66.5 Å². The summed E-state index contributed by atoms with van der Waals surface area (Å²) < 4.78 is 1.92. The molecule has 0 saturated carbocycles. The summed E-state index contributed by atoms with van der Waals surface area (Å²) in [7, 11) is 0. The van der Waals surface area contributed by atoms with Crippen molar-refractivity contribution in [2.45, 2.75) is 19.9 Å². The Labute approximate surface area is 94.8 Å². The van der Waals surface area contributed by atoms with E-state index in [1.54, 1.807) is 11.3 Å². The zero-order chi connectivity index (χ0) is 10.8. The molecule has 2 rings (SSSR count). The second kappa shape index (κ2) is 4.11. The van der Waals surface area contributed by atoms with Gasteiger partial charge in [-0.05, 0) is 19.1 Å². The van der Waals surface area contributed by atoms with Crippen molar-refractivity contribution in [3.8, 4) is 0 Å². The van der Waals surface area contributed by atoms with E-state index in [9.17, 15) is 4.79 Å². The van der Waals surface area contributed by atoms with Gasteiger partial charge >= 0.3 is 5.69 Å². The van der Waals surface area contributed by atoms with E-state index in [4.69, 9.17) is 12.2 Å². The number of nitrogens with zero attached hydrogens (tertiary/aromatic N) is 2. The lowest BCUT2D eigenvalue weighted by Crippen LogP contribution is -2.18. The Balaban J connectivity index is 2.11. The van der Waals surface area contributed by atoms with Gasteiger partial charge < -0.3 is 0 Å². The molecular weight excluding hydrogens is 232 g/mol. The molecule has 80 valence electrons. The zero-order valence-electron chi connectivity index (χ0n) is 8.11. The number of H-pyrrole nitrogens is 2. The molecule has 0 aliphatic rings. The summed E-state index contributed by atoms with van der Waals surface area (Å²) in [5.41, 5.74) is 0.815. The maximum Gasteiger partial charge on any atom is 0.342 e. The normalized spacial score (nSPS) is 10.7. The van der Waals surface area contributed by atoms with Crippen molar-refractivity contribution < 1.29 is 0 Å². The predicted octanol–water partition coefficient (Wildman–Crippen LogP) is 1.24. The minimum Gasteiger partial charge on any atom is -0.272 e. The monoisotopic (exact) mass is 242 g/mol. The zero-order valence-corrected chi connectivity index (χ0v) is 9.74. The molecular formula is C8H10N4OS2. The lowest BCUT2D eigenvalue weighted by molar-refractivity contribution is 0.660. The van der Waals surface area contributed by atoms with Gasteiger partial charge in [-0.15, -0.1) is 11.3 Å². The number of rotatable bonds is 3. The smallest absolute Gasteiger partial charge is 0.272 e. The van der Waals surface area contributed by atoms with Crippen LogP contribution in [0.4, 0.5) is 0 Å². The van der Waals surface area contributed by atoms with Gasteiger partial charge in [-0.2, -0.15) is 0 Å². The lowest BCUT2D eigenvalue weighted by Gasteiger charge is -1.96. The molecule has 0 aromatic carbocycles. The first-order valence-corrected chi connectivity index (χ1v) is 5.74. The third kappa shape index (κ3) is 2.24. The molecule has 2 aromatic heterocycles. The molecule has 0 radical (unpaired) electrons. The molecule has 0 aliphatic heterocycles. The number of thiazole rings is 1. The quantitative estimate of drug-likeness (QED) is 0.796. The van der Waals surface area contributed by atoms with Crippen molar-refractivity contribution >= 4 is 23.6 Å². The van der Waals surface area contributed by atoms with Crippen molar-refractivity contribution in [3.63, 3.8) is 0 Å². The molecule has 0 fully saturated rings. The molecule has 5 nitrogen and oxygen atoms in total. The average molecular weight is 242 g/mol. The Morgan fingerprint density at radius 2 is 2.40 bits per heavy atom. The highest BCUT2D eigenvalue weighted by Gasteiger charge is 2.02. The Hall–Kier alpha value is -1.21. The van der Waals surface area contributed by atoms with E-state index in [2.05, 4.69) is 15.2 Å². The predicted molar refractivity (Wildman–Crippen MR) is 60.8 cm³/mol. The van der Waals surface area contributed by atoms with Crippen LogP contribution in [0, 0.1) is 11.7 Å². The highest BCUT2D eigenvalue weighted by Crippen LogP contribution is 2.09. The molecule has 7 heteroatoms. The molecule has 0 atom stereocenters. The number of aromatic nitrogens is 4. The number of aromatic amines is 2. The Kier molecular flexibility index (Phi) is 2.83. The van der Waals surface area contributed by atoms with Crippen LogP contribution in [-0.2, 0) is 13.0 Å². The number of hydrogen-bond donors (Lipinski definition) is 2. The first-order chi connectivity index (χ1) is 7.16. The van der Waals surface area contributed by atoms with E-state index in [1.165, 1.54) is 4.57 Å². The first-order valence-electron chi connectivity index (χ1n) is 4.45. The van der Waals surface area contributed by atoms with Crippen LogP contribution in [0.25, 0.3) is 0 Å². The van der Waals surface area contributed by atoms with Gasteiger partial charge in [0, 0.05) is 24.0 Å². The summed E-state index contributed by atoms with van der Waals surface area (Å²) in [5.74, 6) is 0. The SMILES string of the molecule is Cc1csc(CCn2c(=O)[nH][nH]c2=S)n1. The largest absolute Gasteiger partial charge is 0.342 e. The minimum atomic E-state index is -0.201. The summed E-state index contributed by atoms with van der Waals surface area (Å²) in [6.07, 6.45) is 0.730. The number of nitrogens with one attached hydrogen (secondary N) is 2. The second-order valence-electron chi connectivity index (χ2n) is 3.14. The number of hydrogen-bond acceptors (Lipinski definition) is 4. The molecule has 2 heterocycles. The van der Waals surface area contributed by atoms with Crippen LogP contribution in [0.2, 0.25) is 0 Å². The molecule has 2 N–H and O–H groups in total. The Morgan fingerprint density at radius 1 is 1.60 bits per heavy atom. The summed E-state index contributed by atoms with van der Waals surface area (Å²) in [5, 5.41) is 8.06. The van der Waals surface area contributed by atoms with Crippen LogP contribution >= 0.6 is 23.6 Å². The van der Waals surface area contributed by atoms with E-state index in [1.807, 2.05) is 12.3 Å². The maximum atomic E-state index is 11.3. The van der Waals surface area contributed by atoms with Gasteiger partial charge in [-0.25, -0.2) is 14.9 Å². The summed E-state index contributed by atoms with van der Waals surface area (Å²) >= 11 is 6.55. The first kappa shape index (κ1) is 10.3. The van der Waals surface area contributed by atoms with Crippen LogP contribution in [0.1, 0.15) is 10.7 Å². The molecule has 0 aliphatic carbocycles. The van der Waals surface area contributed by atoms with Gasteiger partial charge in [0.2, 0.25) is 0 Å². The minimum absolute atomic E-state index is 0.201. The van der Waals surface area contributed by atoms with Gasteiger partial charge in [0.1, 0.15) is 0 Å². The molecule has 0 spiro atoms. The van der Waals surface area contributed by atoms with Gasteiger partial charge in [0.05, 0.1) is 5.01 Å². The fraction of sp³-hybridized carbons (Fsp3) is 0.375. The van der Waals surface area contributed by atoms with Crippen LogP contribution < -0.4 is 5.69 Å². The molecule has 0 amide bonds. The molecule has 2 aromatic rings. The third-order valence-electron chi connectivity index (χ3n) is 1.98.